The highest BCUT2D eigenvalue weighted by molar-refractivity contribution is 5.90. The van der Waals surface area contributed by atoms with Crippen molar-refractivity contribution in [3.8, 4) is 5.88 Å². The Labute approximate surface area is 216 Å². The lowest BCUT2D eigenvalue weighted by Gasteiger charge is -2.36. The summed E-state index contributed by atoms with van der Waals surface area (Å²) in [7, 11) is 0. The molecule has 0 saturated carbocycles. The second kappa shape index (κ2) is 10.7. The Morgan fingerprint density at radius 1 is 1.11 bits per heavy atom. The molecule has 1 unspecified atom stereocenters. The van der Waals surface area contributed by atoms with Gasteiger partial charge in [0.15, 0.2) is 5.65 Å². The Hall–Kier alpha value is -3.11. The molecule has 2 atom stereocenters. The molecule has 2 fully saturated rings. The lowest BCUT2D eigenvalue weighted by molar-refractivity contribution is -0.0810. The fraction of sp³-hybridized carbons (Fsp3) is 0.519. The second-order valence-electron chi connectivity index (χ2n) is 9.73. The van der Waals surface area contributed by atoms with E-state index in [1.807, 2.05) is 13.0 Å². The molecular weight excluding hydrogens is 478 g/mol. The fourth-order valence-corrected chi connectivity index (χ4v) is 4.80. The fourth-order valence-electron chi connectivity index (χ4n) is 4.80. The number of nitrogens with zero attached hydrogens (tertiary/aromatic N) is 5. The molecule has 0 aliphatic carbocycles. The first-order valence-corrected chi connectivity index (χ1v) is 12.9. The van der Waals surface area contributed by atoms with Gasteiger partial charge in [-0.05, 0) is 33.4 Å². The molecule has 8 nitrogen and oxygen atoms in total. The van der Waals surface area contributed by atoms with Gasteiger partial charge in [0.2, 0.25) is 5.88 Å². The number of halogens is 2. The molecular formula is C27H34F2N6O2. The van der Waals surface area contributed by atoms with Crippen molar-refractivity contribution in [1.29, 1.82) is 0 Å². The summed E-state index contributed by atoms with van der Waals surface area (Å²) in [5, 5.41) is 4.06. The highest BCUT2D eigenvalue weighted by atomic mass is 19.1. The minimum absolute atomic E-state index is 0.0330. The van der Waals surface area contributed by atoms with Crippen molar-refractivity contribution in [3.63, 3.8) is 0 Å². The lowest BCUT2D eigenvalue weighted by atomic mass is 10.0. The number of aryl methyl sites for hydroxylation is 1. The Morgan fingerprint density at radius 3 is 2.49 bits per heavy atom. The summed E-state index contributed by atoms with van der Waals surface area (Å²) in [6.45, 7) is 12.8. The highest BCUT2D eigenvalue weighted by Gasteiger charge is 2.27. The normalized spacial score (nSPS) is 18.5. The molecule has 4 heterocycles. The maximum Gasteiger partial charge on any atom is 0.240 e. The van der Waals surface area contributed by atoms with Crippen LogP contribution in [0.15, 0.2) is 24.3 Å². The Bertz CT molecular complexity index is 1260. The first kappa shape index (κ1) is 25.5. The van der Waals surface area contributed by atoms with E-state index >= 15 is 4.39 Å². The summed E-state index contributed by atoms with van der Waals surface area (Å²) in [5.41, 5.74) is 1.81. The average molecular weight is 513 g/mol. The standard InChI is InChI=1S/C27H34F2N6O2/c1-5-34-9-11-35(12-10-34)23-13-22-25(30-17(3)21-8-6-7-20(16(2)28)24(21)29)31-18(4)32-26(22)33-27(23)37-19-14-36-15-19/h6-8,13,16-17,19H,5,9-12,14-15H2,1-4H3,(H,30,31,32,33)/t16?,17-/m1/s1. The number of hydrogen-bond acceptors (Lipinski definition) is 8. The van der Waals surface area contributed by atoms with Gasteiger partial charge in [-0.1, -0.05) is 25.1 Å². The van der Waals surface area contributed by atoms with Gasteiger partial charge in [0, 0.05) is 37.3 Å². The van der Waals surface area contributed by atoms with Crippen LogP contribution >= 0.6 is 0 Å². The smallest absolute Gasteiger partial charge is 0.240 e. The van der Waals surface area contributed by atoms with Crippen LogP contribution in [0.1, 0.15) is 49.9 Å². The van der Waals surface area contributed by atoms with Gasteiger partial charge in [0.25, 0.3) is 0 Å². The molecule has 3 aromatic rings. The van der Waals surface area contributed by atoms with E-state index in [9.17, 15) is 4.39 Å². The largest absolute Gasteiger partial charge is 0.468 e. The zero-order valence-corrected chi connectivity index (χ0v) is 21.8. The molecule has 10 heteroatoms. The monoisotopic (exact) mass is 512 g/mol. The van der Waals surface area contributed by atoms with E-state index in [4.69, 9.17) is 14.5 Å². The van der Waals surface area contributed by atoms with Crippen LogP contribution in [-0.2, 0) is 4.74 Å². The van der Waals surface area contributed by atoms with Crippen LogP contribution in [0.2, 0.25) is 0 Å². The van der Waals surface area contributed by atoms with Crippen LogP contribution < -0.4 is 15.0 Å². The van der Waals surface area contributed by atoms with E-state index in [0.717, 1.165) is 43.8 Å². The van der Waals surface area contributed by atoms with E-state index in [1.165, 1.54) is 13.0 Å². The number of rotatable bonds is 8. The van der Waals surface area contributed by atoms with E-state index < -0.39 is 18.0 Å². The number of piperazine rings is 1. The maximum atomic E-state index is 15.1. The number of nitrogens with one attached hydrogen (secondary N) is 1. The highest BCUT2D eigenvalue weighted by Crippen LogP contribution is 2.36. The van der Waals surface area contributed by atoms with Gasteiger partial charge in [-0.2, -0.15) is 4.98 Å². The van der Waals surface area contributed by atoms with Crippen LogP contribution in [0, 0.1) is 12.7 Å². The van der Waals surface area contributed by atoms with Gasteiger partial charge in [0.05, 0.1) is 24.6 Å². The molecule has 2 aliphatic heterocycles. The summed E-state index contributed by atoms with van der Waals surface area (Å²) in [5.74, 6) is 1.08. The van der Waals surface area contributed by atoms with Gasteiger partial charge in [-0.15, -0.1) is 0 Å². The van der Waals surface area contributed by atoms with Crippen molar-refractivity contribution < 1.29 is 18.3 Å². The number of aromatic nitrogens is 3. The Morgan fingerprint density at radius 2 is 1.84 bits per heavy atom. The molecule has 37 heavy (non-hydrogen) atoms. The van der Waals surface area contributed by atoms with Crippen LogP contribution in [0.25, 0.3) is 11.0 Å². The predicted octanol–water partition coefficient (Wildman–Crippen LogP) is 4.60. The quantitative estimate of drug-likeness (QED) is 0.470. The summed E-state index contributed by atoms with van der Waals surface area (Å²) in [6, 6.07) is 6.37. The number of anilines is 2. The molecule has 0 spiro atoms. The first-order chi connectivity index (χ1) is 17.8. The first-order valence-electron chi connectivity index (χ1n) is 12.9. The topological polar surface area (TPSA) is 75.6 Å². The Balaban J connectivity index is 1.53. The van der Waals surface area contributed by atoms with Crippen LogP contribution in [0.3, 0.4) is 0 Å². The molecule has 2 aliphatic rings. The van der Waals surface area contributed by atoms with E-state index in [1.54, 1.807) is 19.1 Å². The van der Waals surface area contributed by atoms with Gasteiger partial charge in [-0.3, -0.25) is 0 Å². The van der Waals surface area contributed by atoms with E-state index in [2.05, 4.69) is 32.0 Å². The number of benzene rings is 1. The molecule has 1 aromatic carbocycles. The van der Waals surface area contributed by atoms with Crippen molar-refractivity contribution in [1.82, 2.24) is 19.9 Å². The maximum absolute atomic E-state index is 15.1. The zero-order chi connectivity index (χ0) is 26.1. The number of alkyl halides is 1. The van der Waals surface area contributed by atoms with Crippen molar-refractivity contribution in [2.24, 2.45) is 0 Å². The number of hydrogen-bond donors (Lipinski definition) is 1. The molecule has 198 valence electrons. The number of likely N-dealkylation sites (N-methyl/N-ethyl adjacent to an activating group) is 1. The average Bonchev–Trinajstić information content (AvgIpc) is 2.85. The molecule has 2 aromatic heterocycles. The lowest BCUT2D eigenvalue weighted by Crippen LogP contribution is -2.46. The molecule has 0 amide bonds. The van der Waals surface area contributed by atoms with E-state index in [-0.39, 0.29) is 11.7 Å². The molecule has 2 saturated heterocycles. The summed E-state index contributed by atoms with van der Waals surface area (Å²) >= 11 is 0. The number of fused-ring (bicyclic) bond motifs is 1. The minimum Gasteiger partial charge on any atom is -0.468 e. The Kier molecular flexibility index (Phi) is 7.39. The van der Waals surface area contributed by atoms with Crippen LogP contribution in [-0.4, -0.2) is 71.9 Å². The third-order valence-electron chi connectivity index (χ3n) is 7.10. The van der Waals surface area contributed by atoms with Crippen LogP contribution in [0.4, 0.5) is 20.3 Å². The van der Waals surface area contributed by atoms with Crippen molar-refractivity contribution in [2.75, 3.05) is 56.2 Å². The third kappa shape index (κ3) is 5.31. The second-order valence-corrected chi connectivity index (χ2v) is 9.73. The summed E-state index contributed by atoms with van der Waals surface area (Å²) in [6.07, 6.45) is -1.43. The van der Waals surface area contributed by atoms with Gasteiger partial charge in [-0.25, -0.2) is 18.7 Å². The van der Waals surface area contributed by atoms with Gasteiger partial charge in [0.1, 0.15) is 35.4 Å². The molecule has 1 N–H and O–H groups in total. The summed E-state index contributed by atoms with van der Waals surface area (Å²) < 4.78 is 40.5. The molecule has 5 rings (SSSR count). The van der Waals surface area contributed by atoms with E-state index in [0.29, 0.717) is 41.9 Å². The van der Waals surface area contributed by atoms with Crippen molar-refractivity contribution in [3.05, 3.63) is 47.0 Å². The van der Waals surface area contributed by atoms with Gasteiger partial charge >= 0.3 is 0 Å². The SMILES string of the molecule is CCN1CCN(c2cc3c(N[C@H](C)c4cccc(C(C)F)c4F)nc(C)nc3nc2OC2COC2)CC1. The molecule has 0 bridgehead atoms. The van der Waals surface area contributed by atoms with Crippen molar-refractivity contribution in [2.45, 2.75) is 46.0 Å². The van der Waals surface area contributed by atoms with Crippen molar-refractivity contribution >= 4 is 22.5 Å². The van der Waals surface area contributed by atoms with Gasteiger partial charge < -0.3 is 24.6 Å². The number of ether oxygens (including phenoxy) is 2. The zero-order valence-electron chi connectivity index (χ0n) is 21.8. The van der Waals surface area contributed by atoms with Crippen LogP contribution in [0.5, 0.6) is 5.88 Å². The summed E-state index contributed by atoms with van der Waals surface area (Å²) in [4.78, 5) is 18.7. The minimum atomic E-state index is -1.39. The number of pyridine rings is 1. The third-order valence-corrected chi connectivity index (χ3v) is 7.10. The molecule has 0 radical (unpaired) electrons. The predicted molar refractivity (Wildman–Crippen MR) is 140 cm³/mol.